The van der Waals surface area contributed by atoms with Crippen molar-refractivity contribution in [1.29, 1.82) is 0 Å². The van der Waals surface area contributed by atoms with Crippen molar-refractivity contribution in [2.75, 3.05) is 5.73 Å². The molecule has 2 aromatic rings. The van der Waals surface area contributed by atoms with Gasteiger partial charge in [0.05, 0.1) is 8.07 Å². The van der Waals surface area contributed by atoms with Crippen LogP contribution >= 0.6 is 0 Å². The lowest BCUT2D eigenvalue weighted by atomic mass is 9.83. The number of hydrogen-bond acceptors (Lipinski definition) is 1. The standard InChI is InChI=1S/C19H27NSi/c1-19(2,3)17-13-15(21(4,5)6)12-16(18(17)20)14-10-8-7-9-11-14/h7-13H,20H2,1-6H3. The van der Waals surface area contributed by atoms with E-state index in [1.807, 2.05) is 6.07 Å². The molecule has 2 rings (SSSR count). The molecule has 0 aliphatic carbocycles. The highest BCUT2D eigenvalue weighted by Gasteiger charge is 2.25. The third kappa shape index (κ3) is 3.38. The van der Waals surface area contributed by atoms with Gasteiger partial charge in [-0.25, -0.2) is 0 Å². The Bertz CT molecular complexity index is 631. The smallest absolute Gasteiger partial charge is 0.0776 e. The van der Waals surface area contributed by atoms with E-state index in [2.05, 4.69) is 76.8 Å². The molecule has 0 aromatic heterocycles. The normalized spacial score (nSPS) is 12.5. The molecule has 21 heavy (non-hydrogen) atoms. The summed E-state index contributed by atoms with van der Waals surface area (Å²) in [6.45, 7) is 13.9. The van der Waals surface area contributed by atoms with E-state index in [1.165, 1.54) is 21.9 Å². The lowest BCUT2D eigenvalue weighted by Gasteiger charge is -2.27. The molecule has 0 saturated heterocycles. The van der Waals surface area contributed by atoms with E-state index in [0.29, 0.717) is 0 Å². The number of nitrogens with two attached hydrogens (primary N) is 1. The molecule has 0 fully saturated rings. The van der Waals surface area contributed by atoms with E-state index in [0.717, 1.165) is 5.69 Å². The summed E-state index contributed by atoms with van der Waals surface area (Å²) in [5.41, 5.74) is 11.2. The van der Waals surface area contributed by atoms with Crippen LogP contribution in [-0.4, -0.2) is 8.07 Å². The third-order valence-corrected chi connectivity index (χ3v) is 5.96. The maximum atomic E-state index is 6.53. The molecule has 2 N–H and O–H groups in total. The largest absolute Gasteiger partial charge is 0.398 e. The zero-order chi connectivity index (χ0) is 15.8. The molecule has 0 unspecified atom stereocenters. The van der Waals surface area contributed by atoms with Crippen LogP contribution in [0, 0.1) is 0 Å². The fraction of sp³-hybridized carbons (Fsp3) is 0.368. The number of benzene rings is 2. The van der Waals surface area contributed by atoms with Gasteiger partial charge in [-0.05, 0) is 16.5 Å². The summed E-state index contributed by atoms with van der Waals surface area (Å²) < 4.78 is 0. The molecule has 0 bridgehead atoms. The SMILES string of the molecule is CC(C)(C)c1cc([Si](C)(C)C)cc(-c2ccccc2)c1N. The minimum atomic E-state index is -1.39. The first kappa shape index (κ1) is 15.8. The van der Waals surface area contributed by atoms with Crippen LogP contribution in [0.2, 0.25) is 19.6 Å². The molecule has 0 aliphatic rings. The molecular weight excluding hydrogens is 270 g/mol. The topological polar surface area (TPSA) is 26.0 Å². The van der Waals surface area contributed by atoms with Gasteiger partial charge in [0.25, 0.3) is 0 Å². The first-order chi connectivity index (χ1) is 9.60. The van der Waals surface area contributed by atoms with Crippen LogP contribution in [0.5, 0.6) is 0 Å². The quantitative estimate of drug-likeness (QED) is 0.626. The summed E-state index contributed by atoms with van der Waals surface area (Å²) in [6, 6.07) is 15.1. The Morgan fingerprint density at radius 1 is 0.905 bits per heavy atom. The minimum Gasteiger partial charge on any atom is -0.398 e. The number of hydrogen-bond donors (Lipinski definition) is 1. The molecule has 2 aromatic carbocycles. The third-order valence-electron chi connectivity index (χ3n) is 3.94. The van der Waals surface area contributed by atoms with E-state index in [4.69, 9.17) is 5.73 Å². The Hall–Kier alpha value is -1.54. The van der Waals surface area contributed by atoms with E-state index in [-0.39, 0.29) is 5.41 Å². The summed E-state index contributed by atoms with van der Waals surface area (Å²) >= 11 is 0. The zero-order valence-electron chi connectivity index (χ0n) is 14.1. The predicted molar refractivity (Wildman–Crippen MR) is 98.0 cm³/mol. The Morgan fingerprint density at radius 3 is 1.95 bits per heavy atom. The Morgan fingerprint density at radius 2 is 1.48 bits per heavy atom. The van der Waals surface area contributed by atoms with Gasteiger partial charge in [0.15, 0.2) is 0 Å². The molecular formula is C19H27NSi. The lowest BCUT2D eigenvalue weighted by Crippen LogP contribution is -2.38. The second-order valence-corrected chi connectivity index (χ2v) is 12.9. The molecule has 1 nitrogen and oxygen atoms in total. The Labute approximate surface area is 130 Å². The van der Waals surface area contributed by atoms with Gasteiger partial charge < -0.3 is 5.73 Å². The van der Waals surface area contributed by atoms with E-state index in [1.54, 1.807) is 0 Å². The van der Waals surface area contributed by atoms with Crippen molar-refractivity contribution in [1.82, 2.24) is 0 Å². The average Bonchev–Trinajstić information content (AvgIpc) is 2.37. The summed E-state index contributed by atoms with van der Waals surface area (Å²) in [6.07, 6.45) is 0. The molecule has 2 heteroatoms. The highest BCUT2D eigenvalue weighted by atomic mass is 28.3. The van der Waals surface area contributed by atoms with Crippen LogP contribution < -0.4 is 10.9 Å². The monoisotopic (exact) mass is 297 g/mol. The fourth-order valence-electron chi connectivity index (χ4n) is 2.56. The summed E-state index contributed by atoms with van der Waals surface area (Å²) in [4.78, 5) is 0. The molecule has 0 heterocycles. The van der Waals surface area contributed by atoms with Crippen molar-refractivity contribution in [2.24, 2.45) is 0 Å². The van der Waals surface area contributed by atoms with Crippen LogP contribution in [-0.2, 0) is 5.41 Å². The van der Waals surface area contributed by atoms with Gasteiger partial charge in [-0.2, -0.15) is 0 Å². The average molecular weight is 298 g/mol. The van der Waals surface area contributed by atoms with Crippen LogP contribution in [0.4, 0.5) is 5.69 Å². The molecule has 0 saturated carbocycles. The highest BCUT2D eigenvalue weighted by molar-refractivity contribution is 6.88. The van der Waals surface area contributed by atoms with Crippen LogP contribution in [0.15, 0.2) is 42.5 Å². The fourth-order valence-corrected chi connectivity index (χ4v) is 3.72. The van der Waals surface area contributed by atoms with Gasteiger partial charge in [-0.15, -0.1) is 0 Å². The van der Waals surface area contributed by atoms with E-state index in [9.17, 15) is 0 Å². The molecule has 0 radical (unpaired) electrons. The van der Waals surface area contributed by atoms with E-state index >= 15 is 0 Å². The van der Waals surface area contributed by atoms with Gasteiger partial charge in [0, 0.05) is 11.3 Å². The predicted octanol–water partition coefficient (Wildman–Crippen LogP) is 4.78. The van der Waals surface area contributed by atoms with Gasteiger partial charge >= 0.3 is 0 Å². The summed E-state index contributed by atoms with van der Waals surface area (Å²) in [7, 11) is -1.39. The summed E-state index contributed by atoms with van der Waals surface area (Å²) in [5.74, 6) is 0. The molecule has 0 atom stereocenters. The highest BCUT2D eigenvalue weighted by Crippen LogP contribution is 2.35. The van der Waals surface area contributed by atoms with Crippen molar-refractivity contribution in [3.63, 3.8) is 0 Å². The molecule has 0 amide bonds. The van der Waals surface area contributed by atoms with Gasteiger partial charge in [0.1, 0.15) is 0 Å². The second kappa shape index (κ2) is 5.34. The zero-order valence-corrected chi connectivity index (χ0v) is 15.1. The molecule has 0 spiro atoms. The van der Waals surface area contributed by atoms with Gasteiger partial charge in [0.2, 0.25) is 0 Å². The van der Waals surface area contributed by atoms with Crippen molar-refractivity contribution in [3.05, 3.63) is 48.0 Å². The van der Waals surface area contributed by atoms with Crippen LogP contribution in [0.25, 0.3) is 11.1 Å². The first-order valence-electron chi connectivity index (χ1n) is 7.60. The van der Waals surface area contributed by atoms with Crippen LogP contribution in [0.3, 0.4) is 0 Å². The molecule has 0 aliphatic heterocycles. The van der Waals surface area contributed by atoms with Crippen molar-refractivity contribution < 1.29 is 0 Å². The maximum Gasteiger partial charge on any atom is 0.0776 e. The van der Waals surface area contributed by atoms with Gasteiger partial charge in [-0.1, -0.05) is 88.1 Å². The van der Waals surface area contributed by atoms with Gasteiger partial charge in [-0.3, -0.25) is 0 Å². The Balaban J connectivity index is 2.76. The number of nitrogen functional groups attached to an aromatic ring is 1. The summed E-state index contributed by atoms with van der Waals surface area (Å²) in [5, 5.41) is 1.47. The maximum absolute atomic E-state index is 6.53. The number of rotatable bonds is 2. The van der Waals surface area contributed by atoms with Crippen molar-refractivity contribution in [2.45, 2.75) is 45.8 Å². The number of anilines is 1. The van der Waals surface area contributed by atoms with Crippen LogP contribution in [0.1, 0.15) is 26.3 Å². The minimum absolute atomic E-state index is 0.0588. The second-order valence-electron chi connectivity index (χ2n) is 7.85. The molecule has 112 valence electrons. The van der Waals surface area contributed by atoms with Crippen molar-refractivity contribution >= 4 is 18.9 Å². The lowest BCUT2D eigenvalue weighted by molar-refractivity contribution is 0.593. The van der Waals surface area contributed by atoms with E-state index < -0.39 is 8.07 Å². The Kier molecular flexibility index (Phi) is 4.03. The van der Waals surface area contributed by atoms with Crippen molar-refractivity contribution in [3.8, 4) is 11.1 Å². The first-order valence-corrected chi connectivity index (χ1v) is 11.1.